The molecule has 2 N–H and O–H groups in total. The second kappa shape index (κ2) is 10.2. The molecule has 0 aliphatic carbocycles. The zero-order chi connectivity index (χ0) is 20.6. The molecule has 1 aromatic rings. The molecule has 2 fully saturated rings. The molecule has 2 aliphatic rings. The highest BCUT2D eigenvalue weighted by Crippen LogP contribution is 2.24. The highest BCUT2D eigenvalue weighted by Gasteiger charge is 2.32. The highest BCUT2D eigenvalue weighted by atomic mass is 16.6. The smallest absolute Gasteiger partial charge is 0.410 e. The van der Waals surface area contributed by atoms with Gasteiger partial charge in [0.2, 0.25) is 11.8 Å². The number of rotatable bonds is 10. The number of likely N-dealkylation sites (N-methyl/N-ethyl adjacent to an activating group) is 1. The SMILES string of the molecule is CN1[C@@H](CC(=O)NCCCn2cccn2)CC[C@H]1CNC(=O)CN1CCOC1=O. The molecule has 2 atom stereocenters. The molecule has 0 radical (unpaired) electrons. The minimum atomic E-state index is -0.436. The van der Waals surface area contributed by atoms with Crippen LogP contribution < -0.4 is 10.6 Å². The predicted octanol–water partition coefficient (Wildman–Crippen LogP) is -0.189. The van der Waals surface area contributed by atoms with E-state index in [1.54, 1.807) is 6.20 Å². The quantitative estimate of drug-likeness (QED) is 0.522. The number of amides is 3. The third kappa shape index (κ3) is 6.18. The van der Waals surface area contributed by atoms with E-state index >= 15 is 0 Å². The van der Waals surface area contributed by atoms with Crippen molar-refractivity contribution < 1.29 is 19.1 Å². The van der Waals surface area contributed by atoms with Crippen molar-refractivity contribution in [1.29, 1.82) is 0 Å². The van der Waals surface area contributed by atoms with Crippen molar-refractivity contribution in [3.8, 4) is 0 Å². The largest absolute Gasteiger partial charge is 0.448 e. The Kier molecular flexibility index (Phi) is 7.45. The first-order chi connectivity index (χ1) is 14.0. The van der Waals surface area contributed by atoms with Gasteiger partial charge >= 0.3 is 6.09 Å². The Morgan fingerprint density at radius 3 is 2.79 bits per heavy atom. The zero-order valence-corrected chi connectivity index (χ0v) is 16.9. The van der Waals surface area contributed by atoms with Gasteiger partial charge in [-0.3, -0.25) is 24.1 Å². The molecule has 29 heavy (non-hydrogen) atoms. The van der Waals surface area contributed by atoms with E-state index in [1.807, 2.05) is 24.0 Å². The maximum absolute atomic E-state index is 12.2. The van der Waals surface area contributed by atoms with Crippen LogP contribution in [0.5, 0.6) is 0 Å². The van der Waals surface area contributed by atoms with Gasteiger partial charge in [-0.2, -0.15) is 5.10 Å². The van der Waals surface area contributed by atoms with E-state index in [4.69, 9.17) is 4.74 Å². The average molecular weight is 406 g/mol. The monoisotopic (exact) mass is 406 g/mol. The van der Waals surface area contributed by atoms with Gasteiger partial charge in [0.05, 0.1) is 6.54 Å². The van der Waals surface area contributed by atoms with Gasteiger partial charge < -0.3 is 15.4 Å². The Morgan fingerprint density at radius 2 is 2.07 bits per heavy atom. The molecule has 10 nitrogen and oxygen atoms in total. The Balaban J connectivity index is 1.30. The van der Waals surface area contributed by atoms with Crippen molar-refractivity contribution in [1.82, 2.24) is 30.2 Å². The van der Waals surface area contributed by atoms with Crippen molar-refractivity contribution >= 4 is 17.9 Å². The van der Waals surface area contributed by atoms with Crippen LogP contribution in [-0.4, -0.2) is 89.4 Å². The maximum Gasteiger partial charge on any atom is 0.410 e. The molecule has 3 heterocycles. The van der Waals surface area contributed by atoms with Gasteiger partial charge in [-0.05, 0) is 32.4 Å². The van der Waals surface area contributed by atoms with Crippen LogP contribution >= 0.6 is 0 Å². The number of hydrogen-bond donors (Lipinski definition) is 2. The Labute approximate surface area is 170 Å². The van der Waals surface area contributed by atoms with Crippen LogP contribution in [0.15, 0.2) is 18.5 Å². The molecule has 0 bridgehead atoms. The lowest BCUT2D eigenvalue weighted by Gasteiger charge is -2.26. The second-order valence-corrected chi connectivity index (χ2v) is 7.57. The Bertz CT molecular complexity index is 695. The van der Waals surface area contributed by atoms with Gasteiger partial charge in [0.15, 0.2) is 0 Å². The number of nitrogens with one attached hydrogen (secondary N) is 2. The lowest BCUT2D eigenvalue weighted by molar-refractivity contribution is -0.123. The molecule has 3 rings (SSSR count). The fraction of sp³-hybridized carbons (Fsp3) is 0.684. The lowest BCUT2D eigenvalue weighted by atomic mass is 10.1. The van der Waals surface area contributed by atoms with Crippen molar-refractivity contribution in [2.75, 3.05) is 39.8 Å². The number of aryl methyl sites for hydroxylation is 1. The average Bonchev–Trinajstić information content (AvgIpc) is 3.42. The third-order valence-electron chi connectivity index (χ3n) is 5.57. The molecule has 10 heteroatoms. The number of carbonyl (C=O) groups excluding carboxylic acids is 3. The second-order valence-electron chi connectivity index (χ2n) is 7.57. The summed E-state index contributed by atoms with van der Waals surface area (Å²) in [4.78, 5) is 39.2. The molecular formula is C19H30N6O4. The Hall–Kier alpha value is -2.62. The lowest BCUT2D eigenvalue weighted by Crippen LogP contribution is -2.45. The molecule has 0 aromatic carbocycles. The number of aromatic nitrogens is 2. The van der Waals surface area contributed by atoms with Gasteiger partial charge in [-0.1, -0.05) is 0 Å². The molecular weight excluding hydrogens is 376 g/mol. The summed E-state index contributed by atoms with van der Waals surface area (Å²) in [5.41, 5.74) is 0. The highest BCUT2D eigenvalue weighted by molar-refractivity contribution is 5.82. The van der Waals surface area contributed by atoms with Gasteiger partial charge in [-0.15, -0.1) is 0 Å². The first kappa shape index (κ1) is 21.1. The summed E-state index contributed by atoms with van der Waals surface area (Å²) in [6, 6.07) is 2.26. The molecule has 0 unspecified atom stereocenters. The van der Waals surface area contributed by atoms with Crippen molar-refractivity contribution in [3.05, 3.63) is 18.5 Å². The summed E-state index contributed by atoms with van der Waals surface area (Å²) in [6.07, 6.45) is 6.37. The number of nitrogens with zero attached hydrogens (tertiary/aromatic N) is 4. The van der Waals surface area contributed by atoms with E-state index in [9.17, 15) is 14.4 Å². The van der Waals surface area contributed by atoms with Crippen LogP contribution in [0.2, 0.25) is 0 Å². The molecule has 160 valence electrons. The minimum absolute atomic E-state index is 0.0274. The summed E-state index contributed by atoms with van der Waals surface area (Å²) in [6.45, 7) is 2.75. The van der Waals surface area contributed by atoms with Crippen LogP contribution in [0.1, 0.15) is 25.7 Å². The molecule has 3 amide bonds. The molecule has 2 saturated heterocycles. The van der Waals surface area contributed by atoms with E-state index < -0.39 is 6.09 Å². The van der Waals surface area contributed by atoms with Gasteiger partial charge in [0.25, 0.3) is 0 Å². The van der Waals surface area contributed by atoms with E-state index in [1.165, 1.54) is 4.90 Å². The summed E-state index contributed by atoms with van der Waals surface area (Å²) in [7, 11) is 2.00. The summed E-state index contributed by atoms with van der Waals surface area (Å²) in [5.74, 6) is -0.129. The van der Waals surface area contributed by atoms with Crippen LogP contribution in [0.3, 0.4) is 0 Å². The fourth-order valence-electron chi connectivity index (χ4n) is 3.80. The predicted molar refractivity (Wildman–Crippen MR) is 105 cm³/mol. The molecule has 2 aliphatic heterocycles. The van der Waals surface area contributed by atoms with Crippen LogP contribution in [0.4, 0.5) is 4.79 Å². The standard InChI is InChI=1S/C19H30N6O4/c1-23-15(12-17(26)20-6-2-8-25-9-3-7-22-25)4-5-16(23)13-21-18(27)14-24-10-11-29-19(24)28/h3,7,9,15-16H,2,4-6,8,10-14H2,1H3,(H,20,26)(H,21,27)/t15-,16+/m1/s1. The summed E-state index contributed by atoms with van der Waals surface area (Å²) >= 11 is 0. The minimum Gasteiger partial charge on any atom is -0.448 e. The third-order valence-corrected chi connectivity index (χ3v) is 5.57. The number of hydrogen-bond acceptors (Lipinski definition) is 6. The molecule has 1 aromatic heterocycles. The number of carbonyl (C=O) groups is 3. The van der Waals surface area contributed by atoms with Crippen LogP contribution in [0, 0.1) is 0 Å². The summed E-state index contributed by atoms with van der Waals surface area (Å²) in [5, 5.41) is 10.0. The first-order valence-corrected chi connectivity index (χ1v) is 10.2. The van der Waals surface area contributed by atoms with Crippen molar-refractivity contribution in [3.63, 3.8) is 0 Å². The van der Waals surface area contributed by atoms with Crippen molar-refractivity contribution in [2.24, 2.45) is 0 Å². The maximum atomic E-state index is 12.2. The summed E-state index contributed by atoms with van der Waals surface area (Å²) < 4.78 is 6.67. The van der Waals surface area contributed by atoms with E-state index in [2.05, 4.69) is 20.6 Å². The van der Waals surface area contributed by atoms with Gasteiger partial charge in [-0.25, -0.2) is 4.79 Å². The van der Waals surface area contributed by atoms with Crippen LogP contribution in [-0.2, 0) is 20.9 Å². The van der Waals surface area contributed by atoms with Gasteiger partial charge in [0.1, 0.15) is 13.2 Å². The van der Waals surface area contributed by atoms with E-state index in [-0.39, 0.29) is 30.4 Å². The number of likely N-dealkylation sites (tertiary alicyclic amines) is 1. The molecule has 0 spiro atoms. The van der Waals surface area contributed by atoms with E-state index in [0.29, 0.717) is 32.7 Å². The topological polar surface area (TPSA) is 109 Å². The zero-order valence-electron chi connectivity index (χ0n) is 16.9. The molecule has 0 saturated carbocycles. The Morgan fingerprint density at radius 1 is 1.24 bits per heavy atom. The van der Waals surface area contributed by atoms with Crippen molar-refractivity contribution in [2.45, 2.75) is 44.3 Å². The normalized spacial score (nSPS) is 22.0. The van der Waals surface area contributed by atoms with Crippen LogP contribution in [0.25, 0.3) is 0 Å². The fourth-order valence-corrected chi connectivity index (χ4v) is 3.80. The first-order valence-electron chi connectivity index (χ1n) is 10.2. The van der Waals surface area contributed by atoms with E-state index in [0.717, 1.165) is 25.8 Å². The van der Waals surface area contributed by atoms with Gasteiger partial charge in [0, 0.05) is 50.5 Å². The number of cyclic esters (lactones) is 1. The number of ether oxygens (including phenoxy) is 1.